The maximum atomic E-state index is 5.66. The number of piperazine rings is 1. The van der Waals surface area contributed by atoms with E-state index in [0.29, 0.717) is 17.5 Å². The first-order valence-electron chi connectivity index (χ1n) is 7.92. The van der Waals surface area contributed by atoms with Crippen molar-refractivity contribution in [2.75, 3.05) is 26.7 Å². The third-order valence-electron chi connectivity index (χ3n) is 5.13. The first kappa shape index (κ1) is 15.3. The van der Waals surface area contributed by atoms with Gasteiger partial charge in [0.05, 0.1) is 5.60 Å². The highest BCUT2D eigenvalue weighted by molar-refractivity contribution is 5.02. The van der Waals surface area contributed by atoms with Gasteiger partial charge >= 0.3 is 0 Å². The van der Waals surface area contributed by atoms with Crippen molar-refractivity contribution in [3.05, 3.63) is 0 Å². The highest BCUT2D eigenvalue weighted by atomic mass is 16.5. The van der Waals surface area contributed by atoms with Crippen molar-refractivity contribution >= 4 is 0 Å². The number of nitrogens with zero attached hydrogens (tertiary/aromatic N) is 1. The van der Waals surface area contributed by atoms with Gasteiger partial charge in [-0.1, -0.05) is 26.7 Å². The molecule has 1 heterocycles. The summed E-state index contributed by atoms with van der Waals surface area (Å²) in [6.07, 6.45) is 5.48. The summed E-state index contributed by atoms with van der Waals surface area (Å²) >= 11 is 0. The summed E-state index contributed by atoms with van der Waals surface area (Å²) in [7, 11) is 1.83. The quantitative estimate of drug-likeness (QED) is 0.848. The molecular formula is C16H32N2O. The average molecular weight is 268 g/mol. The number of nitrogens with one attached hydrogen (secondary N) is 1. The summed E-state index contributed by atoms with van der Waals surface area (Å²) in [6, 6.07) is 0.639. The summed E-state index contributed by atoms with van der Waals surface area (Å²) in [4.78, 5) is 2.69. The molecule has 1 atom stereocenters. The fraction of sp³-hybridized carbons (Fsp3) is 1.00. The first-order valence-corrected chi connectivity index (χ1v) is 7.92. The van der Waals surface area contributed by atoms with Crippen LogP contribution in [-0.4, -0.2) is 48.8 Å². The normalized spacial score (nSPS) is 28.4. The number of ether oxygens (including phenoxy) is 1. The maximum absolute atomic E-state index is 5.66. The molecule has 2 fully saturated rings. The Morgan fingerprint density at radius 1 is 1.32 bits per heavy atom. The zero-order valence-electron chi connectivity index (χ0n) is 13.5. The largest absolute Gasteiger partial charge is 0.377 e. The Morgan fingerprint density at radius 2 is 1.95 bits per heavy atom. The molecule has 1 N–H and O–H groups in total. The Balaban J connectivity index is 2.08. The van der Waals surface area contributed by atoms with Gasteiger partial charge in [-0.3, -0.25) is 4.90 Å². The lowest BCUT2D eigenvalue weighted by atomic mass is 9.88. The second-order valence-corrected chi connectivity index (χ2v) is 7.55. The van der Waals surface area contributed by atoms with Crippen LogP contribution in [-0.2, 0) is 4.74 Å². The molecule has 0 radical (unpaired) electrons. The van der Waals surface area contributed by atoms with Crippen LogP contribution in [0, 0.1) is 5.92 Å². The van der Waals surface area contributed by atoms with Crippen LogP contribution in [0.1, 0.15) is 53.4 Å². The monoisotopic (exact) mass is 268 g/mol. The van der Waals surface area contributed by atoms with Crippen molar-refractivity contribution < 1.29 is 4.74 Å². The van der Waals surface area contributed by atoms with Crippen LogP contribution in [0.15, 0.2) is 0 Å². The maximum Gasteiger partial charge on any atom is 0.0749 e. The van der Waals surface area contributed by atoms with Crippen LogP contribution < -0.4 is 5.32 Å². The molecule has 0 aromatic rings. The Hall–Kier alpha value is -0.120. The van der Waals surface area contributed by atoms with Gasteiger partial charge in [-0.2, -0.15) is 0 Å². The van der Waals surface area contributed by atoms with Gasteiger partial charge in [0.25, 0.3) is 0 Å². The minimum Gasteiger partial charge on any atom is -0.377 e. The smallest absolute Gasteiger partial charge is 0.0749 e. The van der Waals surface area contributed by atoms with Gasteiger partial charge in [-0.15, -0.1) is 0 Å². The summed E-state index contributed by atoms with van der Waals surface area (Å²) in [5.41, 5.74) is 0.347. The Morgan fingerprint density at radius 3 is 2.47 bits per heavy atom. The van der Waals surface area contributed by atoms with Gasteiger partial charge in [0.1, 0.15) is 0 Å². The van der Waals surface area contributed by atoms with Crippen LogP contribution in [0.5, 0.6) is 0 Å². The zero-order valence-corrected chi connectivity index (χ0v) is 13.5. The van der Waals surface area contributed by atoms with Crippen molar-refractivity contribution in [2.24, 2.45) is 5.92 Å². The van der Waals surface area contributed by atoms with E-state index >= 15 is 0 Å². The van der Waals surface area contributed by atoms with Gasteiger partial charge in [-0.25, -0.2) is 0 Å². The number of rotatable bonds is 4. The average Bonchev–Trinajstić information content (AvgIpc) is 2.76. The lowest BCUT2D eigenvalue weighted by Gasteiger charge is -2.49. The second kappa shape index (κ2) is 5.71. The summed E-state index contributed by atoms with van der Waals surface area (Å²) in [5, 5.41) is 3.88. The van der Waals surface area contributed by atoms with Gasteiger partial charge in [0.15, 0.2) is 0 Å². The number of hydrogen-bond acceptors (Lipinski definition) is 3. The molecule has 0 bridgehead atoms. The topological polar surface area (TPSA) is 24.5 Å². The predicted molar refractivity (Wildman–Crippen MR) is 80.5 cm³/mol. The molecule has 0 aromatic carbocycles. The van der Waals surface area contributed by atoms with Crippen molar-refractivity contribution in [1.29, 1.82) is 0 Å². The zero-order chi connectivity index (χ0) is 14.1. The molecule has 112 valence electrons. The third-order valence-corrected chi connectivity index (χ3v) is 5.13. The third kappa shape index (κ3) is 3.50. The standard InChI is InChI=1S/C16H32N2O/c1-13(2)14-10-17-16(8-6-7-9-16)12-18(14)11-15(3,4)19-5/h13-14,17H,6-12H2,1-5H3. The molecule has 0 amide bonds. The van der Waals surface area contributed by atoms with E-state index in [1.165, 1.54) is 32.2 Å². The molecule has 1 spiro atoms. The minimum absolute atomic E-state index is 0.0513. The van der Waals surface area contributed by atoms with Crippen LogP contribution in [0.3, 0.4) is 0 Å². The molecule has 1 saturated heterocycles. The highest BCUT2D eigenvalue weighted by Crippen LogP contribution is 2.34. The lowest BCUT2D eigenvalue weighted by Crippen LogP contribution is -2.66. The molecule has 1 saturated carbocycles. The van der Waals surface area contributed by atoms with E-state index in [-0.39, 0.29) is 5.60 Å². The van der Waals surface area contributed by atoms with Gasteiger partial charge in [0, 0.05) is 38.3 Å². The highest BCUT2D eigenvalue weighted by Gasteiger charge is 2.42. The second-order valence-electron chi connectivity index (χ2n) is 7.55. The molecule has 2 rings (SSSR count). The van der Waals surface area contributed by atoms with Gasteiger partial charge < -0.3 is 10.1 Å². The van der Waals surface area contributed by atoms with Gasteiger partial charge in [-0.05, 0) is 32.6 Å². The number of hydrogen-bond donors (Lipinski definition) is 1. The molecule has 19 heavy (non-hydrogen) atoms. The van der Waals surface area contributed by atoms with Crippen molar-refractivity contribution in [1.82, 2.24) is 10.2 Å². The van der Waals surface area contributed by atoms with E-state index in [4.69, 9.17) is 4.74 Å². The molecule has 2 aliphatic rings. The Labute approximate surface area is 119 Å². The Bertz CT molecular complexity index is 295. The predicted octanol–water partition coefficient (Wildman–Crippen LogP) is 2.65. The molecule has 0 aromatic heterocycles. The number of methoxy groups -OCH3 is 1. The van der Waals surface area contributed by atoms with E-state index < -0.39 is 0 Å². The van der Waals surface area contributed by atoms with Crippen LogP contribution in [0.4, 0.5) is 0 Å². The minimum atomic E-state index is -0.0513. The van der Waals surface area contributed by atoms with Crippen LogP contribution >= 0.6 is 0 Å². The molecule has 1 unspecified atom stereocenters. The van der Waals surface area contributed by atoms with E-state index in [0.717, 1.165) is 13.1 Å². The molecule has 3 nitrogen and oxygen atoms in total. The van der Waals surface area contributed by atoms with E-state index in [9.17, 15) is 0 Å². The molecule has 3 heteroatoms. The molecule has 1 aliphatic heterocycles. The van der Waals surface area contributed by atoms with E-state index in [1.54, 1.807) is 0 Å². The summed E-state index contributed by atoms with van der Waals surface area (Å²) in [6.45, 7) is 12.5. The fourth-order valence-electron chi connectivity index (χ4n) is 3.78. The van der Waals surface area contributed by atoms with Gasteiger partial charge in [0.2, 0.25) is 0 Å². The van der Waals surface area contributed by atoms with Crippen LogP contribution in [0.2, 0.25) is 0 Å². The first-order chi connectivity index (χ1) is 8.87. The van der Waals surface area contributed by atoms with Crippen molar-refractivity contribution in [2.45, 2.75) is 70.6 Å². The lowest BCUT2D eigenvalue weighted by molar-refractivity contribution is -0.0433. The SMILES string of the molecule is COC(C)(C)CN1CC2(CCCC2)NCC1C(C)C. The van der Waals surface area contributed by atoms with Crippen LogP contribution in [0.25, 0.3) is 0 Å². The Kier molecular flexibility index (Phi) is 4.59. The summed E-state index contributed by atoms with van der Waals surface area (Å²) < 4.78 is 5.66. The van der Waals surface area contributed by atoms with E-state index in [2.05, 4.69) is 37.9 Å². The molecule has 1 aliphatic carbocycles. The fourth-order valence-corrected chi connectivity index (χ4v) is 3.78. The summed E-state index contributed by atoms with van der Waals surface area (Å²) in [5.74, 6) is 0.693. The van der Waals surface area contributed by atoms with E-state index in [1.807, 2.05) is 7.11 Å². The van der Waals surface area contributed by atoms with Crippen molar-refractivity contribution in [3.63, 3.8) is 0 Å². The van der Waals surface area contributed by atoms with Crippen molar-refractivity contribution in [3.8, 4) is 0 Å². The molecular weight excluding hydrogens is 236 g/mol.